The third kappa shape index (κ3) is 5.60. The molecule has 0 bridgehead atoms. The molecule has 13 rings (SSSR count). The first-order valence-corrected chi connectivity index (χ1v) is 21.7. The second kappa shape index (κ2) is 14.1. The molecular formula is C60H39N3. The summed E-state index contributed by atoms with van der Waals surface area (Å²) in [4.78, 5) is 2.40. The first-order valence-electron chi connectivity index (χ1n) is 21.7. The maximum Gasteiger partial charge on any atom is 0.0620 e. The molecule has 3 nitrogen and oxygen atoms in total. The SMILES string of the molecule is c1ccc(-c2ccc(N(c3cccc(-c4cccc(-c5ccc6c7cccc8c9ccccc9n(c6c5)c87)c4)c3)c3ccc4c(c3)c3ccccc3n4-c3ccccc3)cc2)cc1. The van der Waals surface area contributed by atoms with E-state index in [1.165, 1.54) is 87.7 Å². The lowest BCUT2D eigenvalue weighted by Gasteiger charge is -2.26. The van der Waals surface area contributed by atoms with Crippen molar-refractivity contribution in [2.75, 3.05) is 4.90 Å². The van der Waals surface area contributed by atoms with Gasteiger partial charge in [-0.2, -0.15) is 0 Å². The zero-order chi connectivity index (χ0) is 41.4. The lowest BCUT2D eigenvalue weighted by Crippen LogP contribution is -2.10. The van der Waals surface area contributed by atoms with Crippen molar-refractivity contribution in [1.82, 2.24) is 8.97 Å². The number of para-hydroxylation sites is 4. The largest absolute Gasteiger partial charge is 0.310 e. The fraction of sp³-hybridized carbons (Fsp3) is 0. The minimum Gasteiger partial charge on any atom is -0.310 e. The van der Waals surface area contributed by atoms with Crippen LogP contribution < -0.4 is 4.90 Å². The molecule has 0 aliphatic heterocycles. The molecule has 10 aromatic carbocycles. The fourth-order valence-corrected chi connectivity index (χ4v) is 10.1. The van der Waals surface area contributed by atoms with E-state index in [-0.39, 0.29) is 0 Å². The molecule has 0 aliphatic carbocycles. The van der Waals surface area contributed by atoms with E-state index in [1.54, 1.807) is 0 Å². The van der Waals surface area contributed by atoms with E-state index in [2.05, 4.69) is 250 Å². The average molecular weight is 802 g/mol. The van der Waals surface area contributed by atoms with Gasteiger partial charge < -0.3 is 13.9 Å². The van der Waals surface area contributed by atoms with Gasteiger partial charge in [0, 0.05) is 55.1 Å². The highest BCUT2D eigenvalue weighted by Crippen LogP contribution is 2.43. The van der Waals surface area contributed by atoms with Gasteiger partial charge in [0.25, 0.3) is 0 Å². The molecular weight excluding hydrogens is 763 g/mol. The summed E-state index contributed by atoms with van der Waals surface area (Å²) >= 11 is 0. The lowest BCUT2D eigenvalue weighted by atomic mass is 9.97. The van der Waals surface area contributed by atoms with E-state index in [0.717, 1.165) is 28.3 Å². The van der Waals surface area contributed by atoms with E-state index in [4.69, 9.17) is 0 Å². The summed E-state index contributed by atoms with van der Waals surface area (Å²) in [6.45, 7) is 0. The van der Waals surface area contributed by atoms with Gasteiger partial charge >= 0.3 is 0 Å². The number of anilines is 3. The summed E-state index contributed by atoms with van der Waals surface area (Å²) in [6, 6.07) is 86.4. The summed E-state index contributed by atoms with van der Waals surface area (Å²) in [6.07, 6.45) is 0. The molecule has 0 aliphatic rings. The Kier molecular flexibility index (Phi) is 7.91. The molecule has 0 unspecified atom stereocenters. The average Bonchev–Trinajstić information content (AvgIpc) is 4.00. The molecule has 13 aromatic rings. The normalized spacial score (nSPS) is 11.8. The molecule has 294 valence electrons. The van der Waals surface area contributed by atoms with Crippen molar-refractivity contribution in [2.24, 2.45) is 0 Å². The zero-order valence-corrected chi connectivity index (χ0v) is 34.4. The van der Waals surface area contributed by atoms with Crippen molar-refractivity contribution in [1.29, 1.82) is 0 Å². The first kappa shape index (κ1) is 35.4. The molecule has 0 N–H and O–H groups in total. The quantitative estimate of drug-likeness (QED) is 0.156. The van der Waals surface area contributed by atoms with Gasteiger partial charge in [0.05, 0.1) is 27.6 Å². The number of hydrogen-bond acceptors (Lipinski definition) is 1. The summed E-state index contributed by atoms with van der Waals surface area (Å²) in [5.41, 5.74) is 17.7. The number of hydrogen-bond donors (Lipinski definition) is 0. The Balaban J connectivity index is 0.940. The molecule has 0 spiro atoms. The van der Waals surface area contributed by atoms with Crippen molar-refractivity contribution in [3.8, 4) is 39.1 Å². The van der Waals surface area contributed by atoms with Crippen LogP contribution in [0.3, 0.4) is 0 Å². The van der Waals surface area contributed by atoms with Crippen molar-refractivity contribution in [2.45, 2.75) is 0 Å². The Labute approximate surface area is 364 Å². The smallest absolute Gasteiger partial charge is 0.0620 e. The van der Waals surface area contributed by atoms with Crippen LogP contribution in [0.5, 0.6) is 0 Å². The Hall–Kier alpha value is -8.40. The number of rotatable bonds is 7. The summed E-state index contributed by atoms with van der Waals surface area (Å²) in [7, 11) is 0. The van der Waals surface area contributed by atoms with Crippen LogP contribution in [-0.2, 0) is 0 Å². The van der Waals surface area contributed by atoms with Gasteiger partial charge in [0.1, 0.15) is 0 Å². The summed E-state index contributed by atoms with van der Waals surface area (Å²) in [5.74, 6) is 0. The van der Waals surface area contributed by atoms with Gasteiger partial charge in [-0.15, -0.1) is 0 Å². The Morgan fingerprint density at radius 3 is 1.51 bits per heavy atom. The first-order chi connectivity index (χ1) is 31.2. The highest BCUT2D eigenvalue weighted by atomic mass is 15.1. The van der Waals surface area contributed by atoms with Crippen molar-refractivity contribution >= 4 is 77.0 Å². The number of aromatic nitrogens is 2. The van der Waals surface area contributed by atoms with Gasteiger partial charge in [-0.05, 0) is 112 Å². The van der Waals surface area contributed by atoms with Gasteiger partial charge in [-0.25, -0.2) is 0 Å². The minimum absolute atomic E-state index is 1.09. The Morgan fingerprint density at radius 1 is 0.254 bits per heavy atom. The van der Waals surface area contributed by atoms with Gasteiger partial charge in [-0.3, -0.25) is 0 Å². The van der Waals surface area contributed by atoms with E-state index >= 15 is 0 Å². The minimum atomic E-state index is 1.09. The molecule has 3 aromatic heterocycles. The van der Waals surface area contributed by atoms with Gasteiger partial charge in [-0.1, -0.05) is 158 Å². The lowest BCUT2D eigenvalue weighted by molar-refractivity contribution is 1.18. The second-order valence-electron chi connectivity index (χ2n) is 16.6. The summed E-state index contributed by atoms with van der Waals surface area (Å²) < 4.78 is 4.84. The number of benzene rings is 10. The predicted molar refractivity (Wildman–Crippen MR) is 266 cm³/mol. The molecule has 3 heteroatoms. The predicted octanol–water partition coefficient (Wildman–Crippen LogP) is 16.4. The molecule has 63 heavy (non-hydrogen) atoms. The monoisotopic (exact) mass is 801 g/mol. The third-order valence-electron chi connectivity index (χ3n) is 13.0. The van der Waals surface area contributed by atoms with Crippen LogP contribution in [0.2, 0.25) is 0 Å². The zero-order valence-electron chi connectivity index (χ0n) is 34.4. The number of fused-ring (bicyclic) bond motifs is 9. The van der Waals surface area contributed by atoms with Crippen LogP contribution in [-0.4, -0.2) is 8.97 Å². The van der Waals surface area contributed by atoms with E-state index in [0.29, 0.717) is 0 Å². The highest BCUT2D eigenvalue weighted by molar-refractivity contribution is 6.23. The fourth-order valence-electron chi connectivity index (χ4n) is 10.1. The van der Waals surface area contributed by atoms with Crippen LogP contribution in [0.15, 0.2) is 237 Å². The molecule has 0 saturated heterocycles. The van der Waals surface area contributed by atoms with Crippen LogP contribution >= 0.6 is 0 Å². The highest BCUT2D eigenvalue weighted by Gasteiger charge is 2.20. The van der Waals surface area contributed by atoms with E-state index in [9.17, 15) is 0 Å². The third-order valence-corrected chi connectivity index (χ3v) is 13.0. The Morgan fingerprint density at radius 2 is 0.746 bits per heavy atom. The van der Waals surface area contributed by atoms with Crippen LogP contribution in [0.1, 0.15) is 0 Å². The standard InChI is InChI=1S/C60H39N3/c1-3-14-40(15-4-1)41-28-31-47(32-29-41)61(49-33-35-58-55(39-49)51-23-8-9-26-56(51)62(58)46-19-5-2-6-20-46)48-21-12-18-44(37-48)42-16-11-17-43(36-42)45-30-34-52-54-25-13-24-53-50-22-7-10-27-57(50)63(60(53)54)59(52)38-45/h1-39H. The van der Waals surface area contributed by atoms with Crippen LogP contribution in [0, 0.1) is 0 Å². The van der Waals surface area contributed by atoms with Crippen molar-refractivity contribution in [3.63, 3.8) is 0 Å². The van der Waals surface area contributed by atoms with E-state index < -0.39 is 0 Å². The number of nitrogens with zero attached hydrogens (tertiary/aromatic N) is 3. The van der Waals surface area contributed by atoms with Gasteiger partial charge in [0.15, 0.2) is 0 Å². The van der Waals surface area contributed by atoms with E-state index in [1.807, 2.05) is 0 Å². The topological polar surface area (TPSA) is 12.6 Å². The van der Waals surface area contributed by atoms with Crippen molar-refractivity contribution < 1.29 is 0 Å². The molecule has 0 radical (unpaired) electrons. The molecule has 0 fully saturated rings. The molecule has 0 atom stereocenters. The maximum absolute atomic E-state index is 2.46. The Bertz CT molecular complexity index is 3840. The molecule has 0 amide bonds. The molecule has 0 saturated carbocycles. The van der Waals surface area contributed by atoms with Gasteiger partial charge in [0.2, 0.25) is 0 Å². The second-order valence-corrected chi connectivity index (χ2v) is 16.6. The van der Waals surface area contributed by atoms with Crippen LogP contribution in [0.4, 0.5) is 17.1 Å². The molecule has 3 heterocycles. The van der Waals surface area contributed by atoms with Crippen molar-refractivity contribution in [3.05, 3.63) is 237 Å². The van der Waals surface area contributed by atoms with Crippen LogP contribution in [0.25, 0.3) is 99.0 Å². The summed E-state index contributed by atoms with van der Waals surface area (Å²) in [5, 5.41) is 7.64. The maximum atomic E-state index is 2.46.